The molecule has 1 aliphatic rings. The molecule has 0 unspecified atom stereocenters. The fourth-order valence-corrected chi connectivity index (χ4v) is 2.42. The van der Waals surface area contributed by atoms with Crippen molar-refractivity contribution in [1.29, 1.82) is 0 Å². The van der Waals surface area contributed by atoms with Gasteiger partial charge in [-0.3, -0.25) is 9.69 Å². The van der Waals surface area contributed by atoms with Crippen molar-refractivity contribution in [3.8, 4) is 5.75 Å². The molecule has 0 radical (unpaired) electrons. The van der Waals surface area contributed by atoms with Crippen LogP contribution < -0.4 is 4.74 Å². The fraction of sp³-hybridized carbons (Fsp3) is 0.500. The number of nitrogens with zero attached hydrogens (tertiary/aromatic N) is 1. The van der Waals surface area contributed by atoms with E-state index in [2.05, 4.69) is 4.90 Å². The minimum atomic E-state index is -0.799. The molecule has 1 fully saturated rings. The number of benzene rings is 1. The summed E-state index contributed by atoms with van der Waals surface area (Å²) >= 11 is 0. The standard InChI is InChI=1S/C14H19NO3/c1-18-13-5-4-11(9-14(16)17)8-12(13)10-15-6-2-3-7-15/h4-5,8H,2-3,6-7,9-10H2,1H3,(H,16,17). The van der Waals surface area contributed by atoms with Gasteiger partial charge in [0, 0.05) is 12.1 Å². The summed E-state index contributed by atoms with van der Waals surface area (Å²) in [6.07, 6.45) is 2.56. The van der Waals surface area contributed by atoms with Gasteiger partial charge in [0.2, 0.25) is 0 Å². The van der Waals surface area contributed by atoms with E-state index in [0.717, 1.165) is 36.5 Å². The second-order valence-corrected chi connectivity index (χ2v) is 4.70. The maximum Gasteiger partial charge on any atom is 0.307 e. The lowest BCUT2D eigenvalue weighted by Gasteiger charge is -2.17. The van der Waals surface area contributed by atoms with Gasteiger partial charge in [0.05, 0.1) is 13.5 Å². The Kier molecular flexibility index (Phi) is 4.20. The molecule has 0 aromatic heterocycles. The lowest BCUT2D eigenvalue weighted by molar-refractivity contribution is -0.136. The lowest BCUT2D eigenvalue weighted by Crippen LogP contribution is -2.19. The van der Waals surface area contributed by atoms with Gasteiger partial charge in [-0.05, 0) is 37.6 Å². The SMILES string of the molecule is COc1ccc(CC(=O)O)cc1CN1CCCC1. The van der Waals surface area contributed by atoms with Crippen LogP contribution in [0.2, 0.25) is 0 Å². The molecule has 1 saturated heterocycles. The summed E-state index contributed by atoms with van der Waals surface area (Å²) in [4.78, 5) is 13.1. The fourth-order valence-electron chi connectivity index (χ4n) is 2.42. The largest absolute Gasteiger partial charge is 0.496 e. The van der Waals surface area contributed by atoms with Crippen LogP contribution in [0.25, 0.3) is 0 Å². The highest BCUT2D eigenvalue weighted by Gasteiger charge is 2.15. The van der Waals surface area contributed by atoms with Crippen molar-refractivity contribution in [2.24, 2.45) is 0 Å². The maximum absolute atomic E-state index is 10.7. The molecule has 0 amide bonds. The second kappa shape index (κ2) is 5.87. The average Bonchev–Trinajstić information content (AvgIpc) is 2.81. The van der Waals surface area contributed by atoms with Crippen molar-refractivity contribution in [3.63, 3.8) is 0 Å². The Balaban J connectivity index is 2.15. The quantitative estimate of drug-likeness (QED) is 0.866. The van der Waals surface area contributed by atoms with Gasteiger partial charge in [-0.2, -0.15) is 0 Å². The summed E-state index contributed by atoms with van der Waals surface area (Å²) in [5.74, 6) is 0.0447. The normalized spacial score (nSPS) is 15.8. The van der Waals surface area contributed by atoms with Crippen molar-refractivity contribution < 1.29 is 14.6 Å². The highest BCUT2D eigenvalue weighted by atomic mass is 16.5. The van der Waals surface area contributed by atoms with Gasteiger partial charge in [-0.1, -0.05) is 12.1 Å². The van der Waals surface area contributed by atoms with E-state index in [0.29, 0.717) is 0 Å². The van der Waals surface area contributed by atoms with Gasteiger partial charge >= 0.3 is 5.97 Å². The Morgan fingerprint density at radius 1 is 1.39 bits per heavy atom. The van der Waals surface area contributed by atoms with Crippen LogP contribution in [0.1, 0.15) is 24.0 Å². The monoisotopic (exact) mass is 249 g/mol. The molecule has 1 aromatic rings. The number of hydrogen-bond acceptors (Lipinski definition) is 3. The smallest absolute Gasteiger partial charge is 0.307 e. The molecule has 2 rings (SSSR count). The number of aliphatic carboxylic acids is 1. The van der Waals surface area contributed by atoms with Gasteiger partial charge in [-0.25, -0.2) is 0 Å². The number of carboxylic acids is 1. The van der Waals surface area contributed by atoms with Crippen molar-refractivity contribution in [3.05, 3.63) is 29.3 Å². The van der Waals surface area contributed by atoms with E-state index >= 15 is 0 Å². The van der Waals surface area contributed by atoms with Gasteiger partial charge in [0.25, 0.3) is 0 Å². The third-order valence-electron chi connectivity index (χ3n) is 3.29. The molecular weight excluding hydrogens is 230 g/mol. The van der Waals surface area contributed by atoms with E-state index in [4.69, 9.17) is 9.84 Å². The Morgan fingerprint density at radius 2 is 2.11 bits per heavy atom. The van der Waals surface area contributed by atoms with Crippen LogP contribution in [0.15, 0.2) is 18.2 Å². The van der Waals surface area contributed by atoms with E-state index in [1.807, 2.05) is 18.2 Å². The van der Waals surface area contributed by atoms with Gasteiger partial charge < -0.3 is 9.84 Å². The number of carboxylic acid groups (broad SMARTS) is 1. The van der Waals surface area contributed by atoms with E-state index < -0.39 is 5.97 Å². The topological polar surface area (TPSA) is 49.8 Å². The predicted molar refractivity (Wildman–Crippen MR) is 68.8 cm³/mol. The highest BCUT2D eigenvalue weighted by molar-refractivity contribution is 5.70. The lowest BCUT2D eigenvalue weighted by atomic mass is 10.1. The molecule has 0 bridgehead atoms. The minimum Gasteiger partial charge on any atom is -0.496 e. The molecule has 4 nitrogen and oxygen atoms in total. The molecule has 98 valence electrons. The molecule has 1 aliphatic heterocycles. The summed E-state index contributed by atoms with van der Waals surface area (Å²) in [6, 6.07) is 5.63. The molecule has 1 heterocycles. The zero-order valence-corrected chi connectivity index (χ0v) is 10.7. The molecule has 1 N–H and O–H groups in total. The van der Waals surface area contributed by atoms with E-state index in [1.165, 1.54) is 12.8 Å². The Morgan fingerprint density at radius 3 is 2.72 bits per heavy atom. The number of rotatable bonds is 5. The van der Waals surface area contributed by atoms with Crippen LogP contribution in [0.3, 0.4) is 0 Å². The molecule has 0 atom stereocenters. The van der Waals surface area contributed by atoms with Crippen LogP contribution >= 0.6 is 0 Å². The Labute approximate surface area is 107 Å². The highest BCUT2D eigenvalue weighted by Crippen LogP contribution is 2.23. The zero-order valence-electron chi connectivity index (χ0n) is 10.7. The minimum absolute atomic E-state index is 0.0665. The third kappa shape index (κ3) is 3.23. The summed E-state index contributed by atoms with van der Waals surface area (Å²) in [7, 11) is 1.65. The maximum atomic E-state index is 10.7. The first-order valence-electron chi connectivity index (χ1n) is 6.29. The van der Waals surface area contributed by atoms with Gasteiger partial charge in [0.15, 0.2) is 0 Å². The Bertz CT molecular complexity index is 425. The molecule has 4 heteroatoms. The van der Waals surface area contributed by atoms with E-state index in [9.17, 15) is 4.79 Å². The molecule has 1 aromatic carbocycles. The summed E-state index contributed by atoms with van der Waals surface area (Å²) < 4.78 is 5.34. The summed E-state index contributed by atoms with van der Waals surface area (Å²) in [5, 5.41) is 8.83. The molecule has 0 saturated carbocycles. The number of hydrogen-bond donors (Lipinski definition) is 1. The number of methoxy groups -OCH3 is 1. The second-order valence-electron chi connectivity index (χ2n) is 4.70. The number of likely N-dealkylation sites (tertiary alicyclic amines) is 1. The van der Waals surface area contributed by atoms with Crippen molar-refractivity contribution in [1.82, 2.24) is 4.90 Å². The van der Waals surface area contributed by atoms with E-state index in [-0.39, 0.29) is 6.42 Å². The Hall–Kier alpha value is -1.55. The third-order valence-corrected chi connectivity index (χ3v) is 3.29. The van der Waals surface area contributed by atoms with Crippen molar-refractivity contribution in [2.45, 2.75) is 25.8 Å². The first kappa shape index (κ1) is 12.9. The van der Waals surface area contributed by atoms with Gasteiger partial charge in [-0.15, -0.1) is 0 Å². The van der Waals surface area contributed by atoms with Crippen LogP contribution in [0.4, 0.5) is 0 Å². The van der Waals surface area contributed by atoms with Crippen LogP contribution in [0.5, 0.6) is 5.75 Å². The predicted octanol–water partition coefficient (Wildman–Crippen LogP) is 1.92. The van der Waals surface area contributed by atoms with Crippen molar-refractivity contribution in [2.75, 3.05) is 20.2 Å². The zero-order chi connectivity index (χ0) is 13.0. The van der Waals surface area contributed by atoms with Crippen LogP contribution in [0, 0.1) is 0 Å². The molecular formula is C14H19NO3. The van der Waals surface area contributed by atoms with Gasteiger partial charge in [0.1, 0.15) is 5.75 Å². The van der Waals surface area contributed by atoms with Crippen LogP contribution in [-0.2, 0) is 17.8 Å². The average molecular weight is 249 g/mol. The van der Waals surface area contributed by atoms with Crippen LogP contribution in [-0.4, -0.2) is 36.2 Å². The van der Waals surface area contributed by atoms with E-state index in [1.54, 1.807) is 7.11 Å². The first-order chi connectivity index (χ1) is 8.69. The first-order valence-corrected chi connectivity index (χ1v) is 6.29. The number of carbonyl (C=O) groups is 1. The molecule has 0 spiro atoms. The molecule has 0 aliphatic carbocycles. The summed E-state index contributed by atoms with van der Waals surface area (Å²) in [6.45, 7) is 3.08. The number of ether oxygens (including phenoxy) is 1. The molecule has 18 heavy (non-hydrogen) atoms. The summed E-state index contributed by atoms with van der Waals surface area (Å²) in [5.41, 5.74) is 1.91. The van der Waals surface area contributed by atoms with Crippen molar-refractivity contribution >= 4 is 5.97 Å².